The molecule has 1 aliphatic carbocycles. The third-order valence-corrected chi connectivity index (χ3v) is 4.75. The van der Waals surface area contributed by atoms with E-state index >= 15 is 0 Å². The second-order valence-electron chi connectivity index (χ2n) is 4.48. The minimum Gasteiger partial charge on any atom is -0.315 e. The zero-order valence-electron chi connectivity index (χ0n) is 9.57. The van der Waals surface area contributed by atoms with Gasteiger partial charge in [0.05, 0.1) is 10.4 Å². The van der Waals surface area contributed by atoms with Gasteiger partial charge in [-0.3, -0.25) is 10.1 Å². The quantitative estimate of drug-likeness (QED) is 0.564. The van der Waals surface area contributed by atoms with Crippen molar-refractivity contribution >= 4 is 48.6 Å². The van der Waals surface area contributed by atoms with Crippen molar-refractivity contribution in [1.82, 2.24) is 9.55 Å². The molecule has 0 spiro atoms. The lowest BCUT2D eigenvalue weighted by molar-refractivity contribution is -0.384. The number of hydrogen-bond acceptors (Lipinski definition) is 3. The fraction of sp³-hybridized carbons (Fsp3) is 0.364. The molecule has 0 atom stereocenters. The van der Waals surface area contributed by atoms with E-state index in [2.05, 4.69) is 36.8 Å². The van der Waals surface area contributed by atoms with Gasteiger partial charge >= 0.3 is 5.69 Å². The average molecular weight is 393 g/mol. The van der Waals surface area contributed by atoms with Gasteiger partial charge in [0.25, 0.3) is 0 Å². The Morgan fingerprint density at radius 3 is 2.68 bits per heavy atom. The molecule has 19 heavy (non-hydrogen) atoms. The average Bonchev–Trinajstić information content (AvgIpc) is 2.55. The maximum atomic E-state index is 13.8. The van der Waals surface area contributed by atoms with Gasteiger partial charge in [0, 0.05) is 12.1 Å². The third-order valence-electron chi connectivity index (χ3n) is 3.43. The molecule has 8 heteroatoms. The predicted molar refractivity (Wildman–Crippen MR) is 74.6 cm³/mol. The molecule has 1 aliphatic rings. The summed E-state index contributed by atoms with van der Waals surface area (Å²) in [6, 6.07) is 1.53. The summed E-state index contributed by atoms with van der Waals surface area (Å²) in [5.74, 6) is -0.646. The van der Waals surface area contributed by atoms with Crippen LogP contribution in [0.4, 0.5) is 10.1 Å². The summed E-state index contributed by atoms with van der Waals surface area (Å²) in [6.07, 6.45) is 3.07. The fourth-order valence-electron chi connectivity index (χ4n) is 2.29. The molecule has 1 saturated carbocycles. The lowest BCUT2D eigenvalue weighted by Crippen LogP contribution is -2.17. The number of rotatable bonds is 2. The van der Waals surface area contributed by atoms with Crippen LogP contribution in [0.25, 0.3) is 11.0 Å². The summed E-state index contributed by atoms with van der Waals surface area (Å²) in [7, 11) is 0. The first-order valence-corrected chi connectivity index (χ1v) is 7.29. The number of nitro groups is 1. The van der Waals surface area contributed by atoms with Crippen LogP contribution in [0.15, 0.2) is 15.3 Å². The van der Waals surface area contributed by atoms with Gasteiger partial charge in [0.15, 0.2) is 10.3 Å². The van der Waals surface area contributed by atoms with Crippen LogP contribution in [-0.2, 0) is 0 Å². The molecule has 1 aromatic carbocycles. The number of aromatic nitrogens is 2. The maximum Gasteiger partial charge on any atom is 0.314 e. The van der Waals surface area contributed by atoms with Crippen molar-refractivity contribution in [2.45, 2.75) is 25.3 Å². The Labute approximate surface area is 124 Å². The molecule has 0 aliphatic heterocycles. The van der Waals surface area contributed by atoms with Crippen LogP contribution in [0.2, 0.25) is 0 Å². The van der Waals surface area contributed by atoms with Crippen molar-refractivity contribution < 1.29 is 9.31 Å². The smallest absolute Gasteiger partial charge is 0.314 e. The summed E-state index contributed by atoms with van der Waals surface area (Å²) in [5, 5.41) is 11.1. The molecule has 3 rings (SSSR count). The third kappa shape index (κ3) is 1.88. The van der Waals surface area contributed by atoms with Crippen molar-refractivity contribution in [3.8, 4) is 0 Å². The van der Waals surface area contributed by atoms with Crippen LogP contribution < -0.4 is 0 Å². The van der Waals surface area contributed by atoms with E-state index in [-0.39, 0.29) is 21.7 Å². The van der Waals surface area contributed by atoms with Gasteiger partial charge < -0.3 is 4.57 Å². The fourth-order valence-corrected chi connectivity index (χ4v) is 3.39. The number of nitro benzene ring substituents is 1. The SMILES string of the molecule is O=[N+]([O-])c1c(Br)c(F)cc2c1nc(Br)n2C1CCC1. The second kappa shape index (κ2) is 4.52. The lowest BCUT2D eigenvalue weighted by atomic mass is 9.93. The van der Waals surface area contributed by atoms with E-state index in [1.807, 2.05) is 4.57 Å². The number of fused-ring (bicyclic) bond motifs is 1. The number of hydrogen-bond donors (Lipinski definition) is 0. The van der Waals surface area contributed by atoms with Crippen LogP contribution in [0.5, 0.6) is 0 Å². The van der Waals surface area contributed by atoms with Crippen LogP contribution in [0.3, 0.4) is 0 Å². The molecule has 5 nitrogen and oxygen atoms in total. The van der Waals surface area contributed by atoms with Crippen molar-refractivity contribution in [3.63, 3.8) is 0 Å². The summed E-state index contributed by atoms with van der Waals surface area (Å²) in [5.41, 5.74) is 0.342. The lowest BCUT2D eigenvalue weighted by Gasteiger charge is -2.28. The highest BCUT2D eigenvalue weighted by molar-refractivity contribution is 9.10. The van der Waals surface area contributed by atoms with E-state index in [1.165, 1.54) is 6.07 Å². The van der Waals surface area contributed by atoms with Crippen LogP contribution in [0.1, 0.15) is 25.3 Å². The molecule has 0 saturated heterocycles. The van der Waals surface area contributed by atoms with E-state index in [1.54, 1.807) is 0 Å². The highest BCUT2D eigenvalue weighted by Gasteiger charge is 2.30. The molecule has 0 amide bonds. The first kappa shape index (κ1) is 13.0. The maximum absolute atomic E-state index is 13.8. The Morgan fingerprint density at radius 2 is 2.16 bits per heavy atom. The van der Waals surface area contributed by atoms with Gasteiger partial charge in [-0.05, 0) is 51.1 Å². The zero-order valence-corrected chi connectivity index (χ0v) is 12.7. The first-order chi connectivity index (χ1) is 9.00. The normalized spacial score (nSPS) is 15.7. The molecule has 2 aromatic rings. The number of halogens is 3. The molecule has 0 bridgehead atoms. The van der Waals surface area contributed by atoms with E-state index < -0.39 is 10.7 Å². The Kier molecular flexibility index (Phi) is 3.09. The molecule has 0 radical (unpaired) electrons. The Bertz CT molecular complexity index is 697. The number of benzene rings is 1. The van der Waals surface area contributed by atoms with E-state index in [0.717, 1.165) is 19.3 Å². The number of imidazole rings is 1. The minimum absolute atomic E-state index is 0.157. The van der Waals surface area contributed by atoms with Crippen LogP contribution in [-0.4, -0.2) is 14.5 Å². The molecule has 0 unspecified atom stereocenters. The minimum atomic E-state index is -0.646. The van der Waals surface area contributed by atoms with Gasteiger partial charge in [0.2, 0.25) is 0 Å². The Balaban J connectivity index is 2.36. The van der Waals surface area contributed by atoms with Gasteiger partial charge in [-0.1, -0.05) is 0 Å². The van der Waals surface area contributed by atoms with Crippen molar-refractivity contribution in [2.75, 3.05) is 0 Å². The topological polar surface area (TPSA) is 61.0 Å². The van der Waals surface area contributed by atoms with Crippen molar-refractivity contribution in [1.29, 1.82) is 0 Å². The Morgan fingerprint density at radius 1 is 1.47 bits per heavy atom. The first-order valence-electron chi connectivity index (χ1n) is 5.70. The molecule has 0 N–H and O–H groups in total. The summed E-state index contributed by atoms with van der Waals surface area (Å²) < 4.78 is 16.0. The van der Waals surface area contributed by atoms with Crippen molar-refractivity contribution in [2.24, 2.45) is 0 Å². The van der Waals surface area contributed by atoms with Crippen LogP contribution in [0, 0.1) is 15.9 Å². The molecular weight excluding hydrogens is 385 g/mol. The van der Waals surface area contributed by atoms with E-state index in [9.17, 15) is 14.5 Å². The molecule has 1 heterocycles. The molecular formula is C11H8Br2FN3O2. The highest BCUT2D eigenvalue weighted by Crippen LogP contribution is 2.41. The molecule has 1 aromatic heterocycles. The van der Waals surface area contributed by atoms with Crippen LogP contribution >= 0.6 is 31.9 Å². The summed E-state index contributed by atoms with van der Waals surface area (Å²) >= 11 is 6.23. The van der Waals surface area contributed by atoms with E-state index in [4.69, 9.17) is 0 Å². The molecule has 1 fully saturated rings. The monoisotopic (exact) mass is 391 g/mol. The number of nitrogens with zero attached hydrogens (tertiary/aromatic N) is 3. The van der Waals surface area contributed by atoms with Gasteiger partial charge in [-0.15, -0.1) is 0 Å². The summed E-state index contributed by atoms with van der Waals surface area (Å²) in [6.45, 7) is 0. The largest absolute Gasteiger partial charge is 0.315 e. The summed E-state index contributed by atoms with van der Waals surface area (Å²) in [4.78, 5) is 14.7. The second-order valence-corrected chi connectivity index (χ2v) is 5.98. The van der Waals surface area contributed by atoms with Gasteiger partial charge in [0.1, 0.15) is 10.3 Å². The Hall–Kier alpha value is -1.02. The van der Waals surface area contributed by atoms with Gasteiger partial charge in [-0.25, -0.2) is 9.37 Å². The standard InChI is InChI=1S/C11H8Br2FN3O2/c12-8-6(14)4-7-9(10(8)17(18)19)15-11(13)16(7)5-2-1-3-5/h4-5H,1-3H2. The zero-order chi connectivity index (χ0) is 13.7. The van der Waals surface area contributed by atoms with Crippen molar-refractivity contribution in [3.05, 3.63) is 31.2 Å². The van der Waals surface area contributed by atoms with E-state index in [0.29, 0.717) is 10.3 Å². The predicted octanol–water partition coefficient (Wildman–Crippen LogP) is 4.33. The van der Waals surface area contributed by atoms with Gasteiger partial charge in [-0.2, -0.15) is 0 Å². The highest BCUT2D eigenvalue weighted by atomic mass is 79.9. The molecule has 100 valence electrons.